The number of hydrogen-bond acceptors (Lipinski definition) is 4. The smallest absolute Gasteiger partial charge is 0.313 e. The quantitative estimate of drug-likeness (QED) is 0.831. The van der Waals surface area contributed by atoms with Gasteiger partial charge in [0, 0.05) is 12.1 Å². The first-order valence-electron chi connectivity index (χ1n) is 5.76. The van der Waals surface area contributed by atoms with Crippen LogP contribution < -0.4 is 0 Å². The summed E-state index contributed by atoms with van der Waals surface area (Å²) >= 11 is 4.19. The lowest BCUT2D eigenvalue weighted by molar-refractivity contribution is -0.133. The Morgan fingerprint density at radius 1 is 1.50 bits per heavy atom. The van der Waals surface area contributed by atoms with Crippen LogP contribution in [0.2, 0.25) is 0 Å². The van der Waals surface area contributed by atoms with E-state index >= 15 is 0 Å². The van der Waals surface area contributed by atoms with Gasteiger partial charge in [0.15, 0.2) is 11.0 Å². The van der Waals surface area contributed by atoms with Gasteiger partial charge < -0.3 is 9.67 Å². The molecule has 1 aromatic heterocycles. The molecule has 2 aromatic rings. The van der Waals surface area contributed by atoms with E-state index in [1.54, 1.807) is 16.7 Å². The van der Waals surface area contributed by atoms with Crippen LogP contribution in [-0.2, 0) is 11.3 Å². The van der Waals surface area contributed by atoms with Gasteiger partial charge in [0.2, 0.25) is 0 Å². The molecule has 0 fully saturated rings. The minimum absolute atomic E-state index is 0.0904. The van der Waals surface area contributed by atoms with Crippen molar-refractivity contribution < 1.29 is 14.3 Å². The number of rotatable bonds is 5. The number of thioether (sulfide) groups is 1. The first kappa shape index (κ1) is 15.0. The number of carboxylic acid groups (broad SMARTS) is 1. The Bertz CT molecular complexity index is 648. The van der Waals surface area contributed by atoms with Crippen LogP contribution in [0.1, 0.15) is 6.92 Å². The summed E-state index contributed by atoms with van der Waals surface area (Å²) in [5.41, 5.74) is 0.599. The zero-order valence-electron chi connectivity index (χ0n) is 10.5. The van der Waals surface area contributed by atoms with Crippen molar-refractivity contribution in [1.82, 2.24) is 14.8 Å². The molecule has 0 bridgehead atoms. The monoisotopic (exact) mass is 359 g/mol. The molecule has 0 unspecified atom stereocenters. The van der Waals surface area contributed by atoms with E-state index in [0.29, 0.717) is 27.6 Å². The van der Waals surface area contributed by atoms with Crippen LogP contribution in [0.3, 0.4) is 0 Å². The van der Waals surface area contributed by atoms with E-state index in [2.05, 4.69) is 26.1 Å². The zero-order valence-corrected chi connectivity index (χ0v) is 12.9. The van der Waals surface area contributed by atoms with E-state index in [9.17, 15) is 9.18 Å². The third-order valence-corrected chi connectivity index (χ3v) is 4.13. The Morgan fingerprint density at radius 2 is 2.25 bits per heavy atom. The molecule has 2 rings (SSSR count). The summed E-state index contributed by atoms with van der Waals surface area (Å²) < 4.78 is 15.7. The number of nitrogens with zero attached hydrogens (tertiary/aromatic N) is 3. The first-order valence-corrected chi connectivity index (χ1v) is 7.54. The zero-order chi connectivity index (χ0) is 14.7. The molecule has 1 heterocycles. The van der Waals surface area contributed by atoms with Crippen molar-refractivity contribution in [2.75, 3.05) is 5.75 Å². The molecule has 0 saturated heterocycles. The fourth-order valence-electron chi connectivity index (χ4n) is 1.66. The summed E-state index contributed by atoms with van der Waals surface area (Å²) in [4.78, 5) is 10.6. The maximum atomic E-state index is 13.6. The Balaban J connectivity index is 2.36. The van der Waals surface area contributed by atoms with Crippen molar-refractivity contribution in [3.05, 3.63) is 28.5 Å². The van der Waals surface area contributed by atoms with Gasteiger partial charge in [-0.25, -0.2) is 4.39 Å². The Kier molecular flexibility index (Phi) is 4.77. The van der Waals surface area contributed by atoms with Crippen LogP contribution in [0.5, 0.6) is 0 Å². The van der Waals surface area contributed by atoms with Crippen LogP contribution in [0.15, 0.2) is 27.8 Å². The second-order valence-electron chi connectivity index (χ2n) is 3.86. The van der Waals surface area contributed by atoms with E-state index < -0.39 is 5.97 Å². The maximum Gasteiger partial charge on any atom is 0.313 e. The van der Waals surface area contributed by atoms with Gasteiger partial charge in [-0.2, -0.15) is 0 Å². The largest absolute Gasteiger partial charge is 0.481 e. The number of carbonyl (C=O) groups is 1. The van der Waals surface area contributed by atoms with Gasteiger partial charge in [0.05, 0.1) is 10.2 Å². The van der Waals surface area contributed by atoms with E-state index in [4.69, 9.17) is 5.11 Å². The maximum absolute atomic E-state index is 13.6. The third-order valence-electron chi connectivity index (χ3n) is 2.54. The molecule has 0 aliphatic rings. The number of hydrogen-bond donors (Lipinski definition) is 1. The first-order chi connectivity index (χ1) is 9.52. The standard InChI is InChI=1S/C12H11BrFN3O2S/c1-2-17-11(7-3-4-8(13)9(14)5-7)15-16-12(17)20-6-10(18)19/h3-5H,2,6H2,1H3,(H,18,19). The predicted molar refractivity (Wildman–Crippen MR) is 77.1 cm³/mol. The third kappa shape index (κ3) is 3.18. The number of carboxylic acids is 1. The molecule has 0 radical (unpaired) electrons. The van der Waals surface area contributed by atoms with Crippen molar-refractivity contribution in [3.63, 3.8) is 0 Å². The van der Waals surface area contributed by atoms with Crippen LogP contribution in [0, 0.1) is 5.82 Å². The molecule has 0 amide bonds. The fraction of sp³-hybridized carbons (Fsp3) is 0.250. The van der Waals surface area contributed by atoms with E-state index in [-0.39, 0.29) is 11.6 Å². The highest BCUT2D eigenvalue weighted by atomic mass is 79.9. The average Bonchev–Trinajstić information content (AvgIpc) is 2.82. The van der Waals surface area contributed by atoms with Crippen LogP contribution >= 0.6 is 27.7 Å². The molecule has 8 heteroatoms. The number of halogens is 2. The Morgan fingerprint density at radius 3 is 2.85 bits per heavy atom. The minimum Gasteiger partial charge on any atom is -0.481 e. The number of benzene rings is 1. The summed E-state index contributed by atoms with van der Waals surface area (Å²) in [6, 6.07) is 4.70. The normalized spacial score (nSPS) is 10.8. The van der Waals surface area contributed by atoms with Crippen molar-refractivity contribution in [2.24, 2.45) is 0 Å². The van der Waals surface area contributed by atoms with Gasteiger partial charge in [-0.3, -0.25) is 4.79 Å². The molecule has 0 atom stereocenters. The Labute approximate surface area is 127 Å². The lowest BCUT2D eigenvalue weighted by Gasteiger charge is -2.07. The molecule has 1 aromatic carbocycles. The van der Waals surface area contributed by atoms with Gasteiger partial charge in [-0.1, -0.05) is 11.8 Å². The van der Waals surface area contributed by atoms with Crippen molar-refractivity contribution in [2.45, 2.75) is 18.6 Å². The molecule has 0 saturated carbocycles. The molecule has 0 spiro atoms. The van der Waals surface area contributed by atoms with Gasteiger partial charge in [0.25, 0.3) is 0 Å². The lowest BCUT2D eigenvalue weighted by Crippen LogP contribution is -2.03. The second kappa shape index (κ2) is 6.36. The fourth-order valence-corrected chi connectivity index (χ4v) is 2.62. The summed E-state index contributed by atoms with van der Waals surface area (Å²) in [6.45, 7) is 2.47. The summed E-state index contributed by atoms with van der Waals surface area (Å²) in [5, 5.41) is 17.2. The van der Waals surface area contributed by atoms with Gasteiger partial charge in [-0.15, -0.1) is 10.2 Å². The molecular weight excluding hydrogens is 349 g/mol. The van der Waals surface area contributed by atoms with Crippen molar-refractivity contribution in [3.8, 4) is 11.4 Å². The summed E-state index contributed by atoms with van der Waals surface area (Å²) in [6.07, 6.45) is 0. The van der Waals surface area contributed by atoms with Crippen molar-refractivity contribution >= 4 is 33.7 Å². The predicted octanol–water partition coefficient (Wildman–Crippen LogP) is 3.04. The molecule has 106 valence electrons. The van der Waals surface area contributed by atoms with Gasteiger partial charge in [0.1, 0.15) is 5.82 Å². The lowest BCUT2D eigenvalue weighted by atomic mass is 10.2. The van der Waals surface area contributed by atoms with Crippen LogP contribution in [0.4, 0.5) is 4.39 Å². The number of aliphatic carboxylic acids is 1. The van der Waals surface area contributed by atoms with E-state index in [0.717, 1.165) is 11.8 Å². The molecule has 20 heavy (non-hydrogen) atoms. The topological polar surface area (TPSA) is 68.0 Å². The second-order valence-corrected chi connectivity index (χ2v) is 5.66. The van der Waals surface area contributed by atoms with Gasteiger partial charge in [-0.05, 0) is 41.1 Å². The highest BCUT2D eigenvalue weighted by Crippen LogP contribution is 2.26. The highest BCUT2D eigenvalue weighted by molar-refractivity contribution is 9.10. The highest BCUT2D eigenvalue weighted by Gasteiger charge is 2.15. The Hall–Kier alpha value is -1.41. The summed E-state index contributed by atoms with van der Waals surface area (Å²) in [5.74, 6) is -0.871. The van der Waals surface area contributed by atoms with E-state index in [1.165, 1.54) is 6.07 Å². The van der Waals surface area contributed by atoms with Crippen LogP contribution in [-0.4, -0.2) is 31.6 Å². The number of aromatic nitrogens is 3. The van der Waals surface area contributed by atoms with Crippen molar-refractivity contribution in [1.29, 1.82) is 0 Å². The average molecular weight is 360 g/mol. The van der Waals surface area contributed by atoms with Crippen LogP contribution in [0.25, 0.3) is 11.4 Å². The SMILES string of the molecule is CCn1c(SCC(=O)O)nnc1-c1ccc(Br)c(F)c1. The summed E-state index contributed by atoms with van der Waals surface area (Å²) in [7, 11) is 0. The molecule has 0 aliphatic heterocycles. The van der Waals surface area contributed by atoms with E-state index in [1.807, 2.05) is 6.92 Å². The molecule has 1 N–H and O–H groups in total. The molecule has 0 aliphatic carbocycles. The minimum atomic E-state index is -0.920. The van der Waals surface area contributed by atoms with Gasteiger partial charge >= 0.3 is 5.97 Å². The molecular formula is C12H11BrFN3O2S. The molecule has 5 nitrogen and oxygen atoms in total.